The highest BCUT2D eigenvalue weighted by molar-refractivity contribution is 5.30. The third-order valence-electron chi connectivity index (χ3n) is 1.78. The van der Waals surface area contributed by atoms with E-state index in [0.717, 1.165) is 12.1 Å². The van der Waals surface area contributed by atoms with Gasteiger partial charge in [0.25, 0.3) is 0 Å². The largest absolute Gasteiger partial charge is 0.457 e. The van der Waals surface area contributed by atoms with Crippen LogP contribution in [0.3, 0.4) is 0 Å². The molecule has 0 radical (unpaired) electrons. The SMILES string of the molecule is Fc1ccc(Oc2ccncc2)cc1F. The van der Waals surface area contributed by atoms with E-state index in [2.05, 4.69) is 4.98 Å². The monoisotopic (exact) mass is 207 g/mol. The third-order valence-corrected chi connectivity index (χ3v) is 1.78. The van der Waals surface area contributed by atoms with Crippen LogP contribution in [0.1, 0.15) is 0 Å². The van der Waals surface area contributed by atoms with Crippen molar-refractivity contribution in [2.24, 2.45) is 0 Å². The summed E-state index contributed by atoms with van der Waals surface area (Å²) in [6, 6.07) is 6.63. The van der Waals surface area contributed by atoms with Gasteiger partial charge in [-0.3, -0.25) is 4.98 Å². The Hall–Kier alpha value is -1.97. The fourth-order valence-electron chi connectivity index (χ4n) is 1.08. The first kappa shape index (κ1) is 9.58. The van der Waals surface area contributed by atoms with Gasteiger partial charge >= 0.3 is 0 Å². The van der Waals surface area contributed by atoms with Gasteiger partial charge in [-0.15, -0.1) is 0 Å². The standard InChI is InChI=1S/C11H7F2NO/c12-10-2-1-9(7-11(10)13)15-8-3-5-14-6-4-8/h1-7H. The number of rotatable bonds is 2. The molecule has 0 aliphatic heterocycles. The van der Waals surface area contributed by atoms with Crippen LogP contribution in [0.5, 0.6) is 11.5 Å². The summed E-state index contributed by atoms with van der Waals surface area (Å²) in [4.78, 5) is 3.80. The molecule has 2 rings (SSSR count). The van der Waals surface area contributed by atoms with E-state index in [1.54, 1.807) is 24.5 Å². The van der Waals surface area contributed by atoms with E-state index >= 15 is 0 Å². The van der Waals surface area contributed by atoms with Gasteiger partial charge in [-0.1, -0.05) is 0 Å². The molecule has 1 heterocycles. The van der Waals surface area contributed by atoms with Crippen LogP contribution in [0.25, 0.3) is 0 Å². The van der Waals surface area contributed by atoms with E-state index in [1.807, 2.05) is 0 Å². The molecule has 0 aliphatic rings. The summed E-state index contributed by atoms with van der Waals surface area (Å²) in [5.74, 6) is -1.05. The lowest BCUT2D eigenvalue weighted by atomic mass is 10.3. The van der Waals surface area contributed by atoms with Crippen molar-refractivity contribution in [2.45, 2.75) is 0 Å². The second-order valence-corrected chi connectivity index (χ2v) is 2.86. The van der Waals surface area contributed by atoms with Crippen molar-refractivity contribution < 1.29 is 13.5 Å². The van der Waals surface area contributed by atoms with Gasteiger partial charge in [-0.2, -0.15) is 0 Å². The number of hydrogen-bond donors (Lipinski definition) is 0. The Morgan fingerprint density at radius 2 is 1.60 bits per heavy atom. The van der Waals surface area contributed by atoms with Crippen LogP contribution in [0.4, 0.5) is 8.78 Å². The molecule has 4 heteroatoms. The molecular weight excluding hydrogens is 200 g/mol. The topological polar surface area (TPSA) is 22.1 Å². The zero-order valence-corrected chi connectivity index (χ0v) is 7.65. The van der Waals surface area contributed by atoms with Crippen LogP contribution in [0, 0.1) is 11.6 Å². The van der Waals surface area contributed by atoms with Gasteiger partial charge in [0.2, 0.25) is 0 Å². The van der Waals surface area contributed by atoms with Gasteiger partial charge in [0.05, 0.1) is 0 Å². The van der Waals surface area contributed by atoms with Gasteiger partial charge in [0.1, 0.15) is 11.5 Å². The zero-order chi connectivity index (χ0) is 10.7. The first-order chi connectivity index (χ1) is 7.25. The smallest absolute Gasteiger partial charge is 0.162 e. The predicted octanol–water partition coefficient (Wildman–Crippen LogP) is 3.15. The second-order valence-electron chi connectivity index (χ2n) is 2.86. The molecule has 0 unspecified atom stereocenters. The van der Waals surface area contributed by atoms with Crippen molar-refractivity contribution in [3.63, 3.8) is 0 Å². The second kappa shape index (κ2) is 4.04. The van der Waals surface area contributed by atoms with Crippen LogP contribution in [-0.2, 0) is 0 Å². The van der Waals surface area contributed by atoms with Crippen molar-refractivity contribution in [1.82, 2.24) is 4.98 Å². The number of ether oxygens (including phenoxy) is 1. The van der Waals surface area contributed by atoms with E-state index in [1.165, 1.54) is 6.07 Å². The van der Waals surface area contributed by atoms with E-state index < -0.39 is 11.6 Å². The predicted molar refractivity (Wildman–Crippen MR) is 50.7 cm³/mol. The maximum atomic E-state index is 12.8. The summed E-state index contributed by atoms with van der Waals surface area (Å²) in [5.41, 5.74) is 0. The zero-order valence-electron chi connectivity index (χ0n) is 7.65. The molecule has 0 aliphatic carbocycles. The number of pyridine rings is 1. The van der Waals surface area contributed by atoms with Crippen molar-refractivity contribution in [1.29, 1.82) is 0 Å². The molecule has 0 saturated carbocycles. The highest BCUT2D eigenvalue weighted by atomic mass is 19.2. The summed E-state index contributed by atoms with van der Waals surface area (Å²) in [6.45, 7) is 0. The fraction of sp³-hybridized carbons (Fsp3) is 0. The summed E-state index contributed by atoms with van der Waals surface area (Å²) >= 11 is 0. The van der Waals surface area contributed by atoms with E-state index in [9.17, 15) is 8.78 Å². The van der Waals surface area contributed by atoms with E-state index in [-0.39, 0.29) is 5.75 Å². The Morgan fingerprint density at radius 1 is 0.867 bits per heavy atom. The van der Waals surface area contributed by atoms with E-state index in [4.69, 9.17) is 4.74 Å². The van der Waals surface area contributed by atoms with Crippen molar-refractivity contribution >= 4 is 0 Å². The van der Waals surface area contributed by atoms with Gasteiger partial charge in [0, 0.05) is 18.5 Å². The number of halogens is 2. The molecule has 15 heavy (non-hydrogen) atoms. The van der Waals surface area contributed by atoms with E-state index in [0.29, 0.717) is 5.75 Å². The van der Waals surface area contributed by atoms with Crippen LogP contribution < -0.4 is 4.74 Å². The van der Waals surface area contributed by atoms with Crippen LogP contribution >= 0.6 is 0 Å². The lowest BCUT2D eigenvalue weighted by molar-refractivity contribution is 0.461. The molecule has 2 nitrogen and oxygen atoms in total. The van der Waals surface area contributed by atoms with Crippen LogP contribution in [0.15, 0.2) is 42.7 Å². The Bertz CT molecular complexity index is 459. The van der Waals surface area contributed by atoms with Crippen molar-refractivity contribution in [2.75, 3.05) is 0 Å². The minimum absolute atomic E-state index is 0.250. The molecule has 2 aromatic rings. The van der Waals surface area contributed by atoms with Crippen LogP contribution in [-0.4, -0.2) is 4.98 Å². The number of benzene rings is 1. The molecule has 0 atom stereocenters. The molecule has 1 aromatic heterocycles. The summed E-state index contributed by atoms with van der Waals surface area (Å²) in [6.07, 6.45) is 3.10. The molecular formula is C11H7F2NO. The summed E-state index contributed by atoms with van der Waals surface area (Å²) in [5, 5.41) is 0. The highest BCUT2D eigenvalue weighted by Gasteiger charge is 2.03. The Balaban J connectivity index is 2.22. The Labute approximate surface area is 85.2 Å². The molecule has 1 aromatic carbocycles. The Kier molecular flexibility index (Phi) is 2.58. The van der Waals surface area contributed by atoms with Gasteiger partial charge < -0.3 is 4.74 Å². The molecule has 0 fully saturated rings. The molecule has 0 bridgehead atoms. The normalized spacial score (nSPS) is 10.0. The molecule has 0 amide bonds. The minimum atomic E-state index is -0.929. The molecule has 76 valence electrons. The molecule has 0 N–H and O–H groups in total. The molecule has 0 spiro atoms. The number of hydrogen-bond acceptors (Lipinski definition) is 2. The average molecular weight is 207 g/mol. The third kappa shape index (κ3) is 2.28. The van der Waals surface area contributed by atoms with Gasteiger partial charge in [0.15, 0.2) is 11.6 Å². The first-order valence-corrected chi connectivity index (χ1v) is 4.28. The summed E-state index contributed by atoms with van der Waals surface area (Å²) < 4.78 is 30.7. The van der Waals surface area contributed by atoms with Crippen molar-refractivity contribution in [3.05, 3.63) is 54.4 Å². The highest BCUT2D eigenvalue weighted by Crippen LogP contribution is 2.21. The quantitative estimate of drug-likeness (QED) is 0.754. The Morgan fingerprint density at radius 3 is 2.27 bits per heavy atom. The first-order valence-electron chi connectivity index (χ1n) is 4.28. The van der Waals surface area contributed by atoms with Gasteiger partial charge in [-0.25, -0.2) is 8.78 Å². The maximum Gasteiger partial charge on any atom is 0.162 e. The van der Waals surface area contributed by atoms with Gasteiger partial charge in [-0.05, 0) is 24.3 Å². The number of aromatic nitrogens is 1. The average Bonchev–Trinajstić information content (AvgIpc) is 2.25. The molecule has 0 saturated heterocycles. The summed E-state index contributed by atoms with van der Waals surface area (Å²) in [7, 11) is 0. The number of nitrogens with zero attached hydrogens (tertiary/aromatic N) is 1. The van der Waals surface area contributed by atoms with Crippen LogP contribution in [0.2, 0.25) is 0 Å². The lowest BCUT2D eigenvalue weighted by Crippen LogP contribution is -1.88. The maximum absolute atomic E-state index is 12.8. The lowest BCUT2D eigenvalue weighted by Gasteiger charge is -2.04. The fourth-order valence-corrected chi connectivity index (χ4v) is 1.08. The minimum Gasteiger partial charge on any atom is -0.457 e. The van der Waals surface area contributed by atoms with Crippen molar-refractivity contribution in [3.8, 4) is 11.5 Å².